The molecule has 0 atom stereocenters. The first-order valence-electron chi connectivity index (χ1n) is 10.2. The molecule has 0 bridgehead atoms. The van der Waals surface area contributed by atoms with Crippen molar-refractivity contribution < 1.29 is 4.79 Å². The molecule has 1 amide bonds. The van der Waals surface area contributed by atoms with E-state index in [0.29, 0.717) is 11.8 Å². The first kappa shape index (κ1) is 20.1. The summed E-state index contributed by atoms with van der Waals surface area (Å²) in [6.45, 7) is 6.45. The van der Waals surface area contributed by atoms with Crippen molar-refractivity contribution in [1.82, 2.24) is 20.4 Å². The summed E-state index contributed by atoms with van der Waals surface area (Å²) < 4.78 is 0. The van der Waals surface area contributed by atoms with Gasteiger partial charge in [-0.1, -0.05) is 18.9 Å². The van der Waals surface area contributed by atoms with Crippen molar-refractivity contribution in [2.24, 2.45) is 10.9 Å². The minimum atomic E-state index is 0.307. The van der Waals surface area contributed by atoms with E-state index in [2.05, 4.69) is 42.9 Å². The van der Waals surface area contributed by atoms with Gasteiger partial charge in [-0.3, -0.25) is 14.7 Å². The number of piperazine rings is 1. The number of hydrogen-bond donors (Lipinski definition) is 2. The molecule has 0 spiro atoms. The van der Waals surface area contributed by atoms with E-state index in [-0.39, 0.29) is 0 Å². The van der Waals surface area contributed by atoms with Crippen LogP contribution in [-0.4, -0.2) is 74.5 Å². The fourth-order valence-corrected chi connectivity index (χ4v) is 4.64. The van der Waals surface area contributed by atoms with Gasteiger partial charge in [-0.25, -0.2) is 0 Å². The zero-order valence-corrected chi connectivity index (χ0v) is 17.3. The van der Waals surface area contributed by atoms with Crippen molar-refractivity contribution in [3.05, 3.63) is 22.4 Å². The second-order valence-corrected chi connectivity index (χ2v) is 8.44. The van der Waals surface area contributed by atoms with Gasteiger partial charge in [0.1, 0.15) is 0 Å². The minimum Gasteiger partial charge on any atom is -0.356 e. The van der Waals surface area contributed by atoms with Crippen LogP contribution in [0.4, 0.5) is 0 Å². The highest BCUT2D eigenvalue weighted by Crippen LogP contribution is 2.26. The summed E-state index contributed by atoms with van der Waals surface area (Å²) in [7, 11) is 1.81. The second-order valence-electron chi connectivity index (χ2n) is 7.40. The highest BCUT2D eigenvalue weighted by Gasteiger charge is 2.29. The number of hydrogen-bond acceptors (Lipinski definition) is 4. The van der Waals surface area contributed by atoms with E-state index in [1.165, 1.54) is 17.7 Å². The lowest BCUT2D eigenvalue weighted by molar-refractivity contribution is -0.137. The largest absolute Gasteiger partial charge is 0.356 e. The Hall–Kier alpha value is -1.60. The third-order valence-electron chi connectivity index (χ3n) is 5.58. The first-order chi connectivity index (χ1) is 13.3. The van der Waals surface area contributed by atoms with E-state index >= 15 is 0 Å². The SMILES string of the molecule is CN=C(NCCc1cccs1)NCCN1CCN(C(=O)C2CCCC2)CC1. The highest BCUT2D eigenvalue weighted by atomic mass is 32.1. The highest BCUT2D eigenvalue weighted by molar-refractivity contribution is 7.09. The normalized spacial score (nSPS) is 19.4. The van der Waals surface area contributed by atoms with Crippen LogP contribution in [0.2, 0.25) is 0 Å². The van der Waals surface area contributed by atoms with E-state index in [9.17, 15) is 4.79 Å². The van der Waals surface area contributed by atoms with Gasteiger partial charge in [0.25, 0.3) is 0 Å². The zero-order valence-electron chi connectivity index (χ0n) is 16.5. The molecule has 7 heteroatoms. The number of rotatable bonds is 7. The van der Waals surface area contributed by atoms with Gasteiger partial charge in [0.15, 0.2) is 5.96 Å². The molecule has 1 saturated carbocycles. The summed E-state index contributed by atoms with van der Waals surface area (Å²) in [5.74, 6) is 1.57. The molecule has 0 radical (unpaired) electrons. The molecule has 1 aliphatic heterocycles. The van der Waals surface area contributed by atoms with Gasteiger partial charge in [-0.05, 0) is 30.7 Å². The Morgan fingerprint density at radius 3 is 2.59 bits per heavy atom. The number of amides is 1. The van der Waals surface area contributed by atoms with Crippen molar-refractivity contribution in [3.63, 3.8) is 0 Å². The van der Waals surface area contributed by atoms with E-state index in [0.717, 1.165) is 71.0 Å². The third-order valence-corrected chi connectivity index (χ3v) is 6.51. The molecule has 2 fully saturated rings. The lowest BCUT2D eigenvalue weighted by Crippen LogP contribution is -2.52. The number of nitrogens with one attached hydrogen (secondary N) is 2. The Morgan fingerprint density at radius 2 is 1.93 bits per heavy atom. The molecule has 2 N–H and O–H groups in total. The predicted molar refractivity (Wildman–Crippen MR) is 112 cm³/mol. The summed E-state index contributed by atoms with van der Waals surface area (Å²) in [5, 5.41) is 8.88. The summed E-state index contributed by atoms with van der Waals surface area (Å²) >= 11 is 1.79. The monoisotopic (exact) mass is 391 g/mol. The van der Waals surface area contributed by atoms with Crippen LogP contribution in [0.1, 0.15) is 30.6 Å². The lowest BCUT2D eigenvalue weighted by Gasteiger charge is -2.36. The second kappa shape index (κ2) is 10.7. The Morgan fingerprint density at radius 1 is 1.19 bits per heavy atom. The van der Waals surface area contributed by atoms with E-state index in [1.54, 1.807) is 11.3 Å². The smallest absolute Gasteiger partial charge is 0.225 e. The van der Waals surface area contributed by atoms with Crippen molar-refractivity contribution >= 4 is 23.2 Å². The van der Waals surface area contributed by atoms with E-state index < -0.39 is 0 Å². The number of guanidine groups is 1. The Labute approximate surface area is 167 Å². The molecule has 27 heavy (non-hydrogen) atoms. The molecule has 1 aromatic heterocycles. The van der Waals surface area contributed by atoms with Crippen LogP contribution in [0.25, 0.3) is 0 Å². The fraction of sp³-hybridized carbons (Fsp3) is 0.700. The Bertz CT molecular complexity index is 590. The average molecular weight is 392 g/mol. The number of thiophene rings is 1. The molecular weight excluding hydrogens is 358 g/mol. The van der Waals surface area contributed by atoms with Gasteiger partial charge < -0.3 is 15.5 Å². The average Bonchev–Trinajstić information content (AvgIpc) is 3.41. The maximum atomic E-state index is 12.5. The number of aliphatic imine (C=N–C) groups is 1. The van der Waals surface area contributed by atoms with Gasteiger partial charge in [-0.15, -0.1) is 11.3 Å². The maximum Gasteiger partial charge on any atom is 0.225 e. The van der Waals surface area contributed by atoms with Gasteiger partial charge in [-0.2, -0.15) is 0 Å². The van der Waals surface area contributed by atoms with Crippen molar-refractivity contribution in [3.8, 4) is 0 Å². The lowest BCUT2D eigenvalue weighted by atomic mass is 10.1. The molecule has 6 nitrogen and oxygen atoms in total. The molecule has 3 rings (SSSR count). The number of nitrogens with zero attached hydrogens (tertiary/aromatic N) is 3. The van der Waals surface area contributed by atoms with Crippen LogP contribution in [0, 0.1) is 5.92 Å². The molecule has 0 aromatic carbocycles. The first-order valence-corrected chi connectivity index (χ1v) is 11.1. The van der Waals surface area contributed by atoms with Crippen molar-refractivity contribution in [2.45, 2.75) is 32.1 Å². The topological polar surface area (TPSA) is 60.0 Å². The molecule has 1 aromatic rings. The molecule has 1 saturated heterocycles. The summed E-state index contributed by atoms with van der Waals surface area (Å²) in [6.07, 6.45) is 5.67. The molecular formula is C20H33N5OS. The molecule has 2 aliphatic rings. The summed E-state index contributed by atoms with van der Waals surface area (Å²) in [4.78, 5) is 22.7. The maximum absolute atomic E-state index is 12.5. The molecule has 150 valence electrons. The van der Waals surface area contributed by atoms with E-state index in [4.69, 9.17) is 0 Å². The fourth-order valence-electron chi connectivity index (χ4n) is 3.93. The Balaban J connectivity index is 1.28. The van der Waals surface area contributed by atoms with Gasteiger partial charge in [0, 0.05) is 63.7 Å². The Kier molecular flexibility index (Phi) is 7.95. The predicted octanol–water partition coefficient (Wildman–Crippen LogP) is 1.79. The van der Waals surface area contributed by atoms with Crippen LogP contribution in [-0.2, 0) is 11.2 Å². The zero-order chi connectivity index (χ0) is 18.9. The van der Waals surface area contributed by atoms with Crippen LogP contribution in [0.5, 0.6) is 0 Å². The quantitative estimate of drug-likeness (QED) is 0.550. The van der Waals surface area contributed by atoms with Crippen LogP contribution < -0.4 is 10.6 Å². The van der Waals surface area contributed by atoms with Crippen LogP contribution in [0.3, 0.4) is 0 Å². The molecule has 0 unspecified atom stereocenters. The van der Waals surface area contributed by atoms with Gasteiger partial charge in [0.05, 0.1) is 0 Å². The standard InChI is InChI=1S/C20H33N5OS/c1-21-20(22-9-8-18-7-4-16-27-18)23-10-11-24-12-14-25(15-13-24)19(26)17-5-2-3-6-17/h4,7,16-17H,2-3,5-6,8-15H2,1H3,(H2,21,22,23). The summed E-state index contributed by atoms with van der Waals surface area (Å²) in [6, 6.07) is 4.26. The summed E-state index contributed by atoms with van der Waals surface area (Å²) in [5.41, 5.74) is 0. The number of carbonyl (C=O) groups excluding carboxylic acids is 1. The van der Waals surface area contributed by atoms with Crippen LogP contribution >= 0.6 is 11.3 Å². The van der Waals surface area contributed by atoms with Gasteiger partial charge in [0.2, 0.25) is 5.91 Å². The third kappa shape index (κ3) is 6.21. The minimum absolute atomic E-state index is 0.307. The molecule has 1 aliphatic carbocycles. The van der Waals surface area contributed by atoms with Gasteiger partial charge >= 0.3 is 0 Å². The van der Waals surface area contributed by atoms with Crippen molar-refractivity contribution in [1.29, 1.82) is 0 Å². The van der Waals surface area contributed by atoms with Crippen molar-refractivity contribution in [2.75, 3.05) is 52.9 Å². The molecule has 2 heterocycles. The van der Waals surface area contributed by atoms with Crippen LogP contribution in [0.15, 0.2) is 22.5 Å². The van der Waals surface area contributed by atoms with E-state index in [1.807, 2.05) is 7.05 Å². The number of carbonyl (C=O) groups is 1.